The van der Waals surface area contributed by atoms with Crippen LogP contribution in [0.2, 0.25) is 5.02 Å². The number of ketones is 1. The van der Waals surface area contributed by atoms with Crippen molar-refractivity contribution in [1.82, 2.24) is 14.9 Å². The molecule has 2 aromatic carbocycles. The molecule has 2 heterocycles. The van der Waals surface area contributed by atoms with E-state index in [0.717, 1.165) is 37.4 Å². The zero-order chi connectivity index (χ0) is 25.8. The van der Waals surface area contributed by atoms with Gasteiger partial charge in [-0.2, -0.15) is 0 Å². The summed E-state index contributed by atoms with van der Waals surface area (Å²) < 4.78 is 10.6. The average Bonchev–Trinajstić information content (AvgIpc) is 2.93. The molecule has 1 atom stereocenters. The van der Waals surface area contributed by atoms with Gasteiger partial charge in [0.25, 0.3) is 0 Å². The molecular formula is C28H29ClN4O4. The number of anilines is 1. The molecule has 1 aliphatic carbocycles. The number of nitrogens with zero attached hydrogens (tertiary/aromatic N) is 4. The molecule has 1 aliphatic heterocycles. The van der Waals surface area contributed by atoms with Crippen LogP contribution >= 0.6 is 11.6 Å². The first-order chi connectivity index (χ1) is 18.0. The molecule has 3 aromatic rings. The number of hydrogen-bond acceptors (Lipinski definition) is 8. The Hall–Kier alpha value is -3.49. The Morgan fingerprint density at radius 1 is 1.08 bits per heavy atom. The van der Waals surface area contributed by atoms with Gasteiger partial charge in [-0.15, -0.1) is 0 Å². The van der Waals surface area contributed by atoms with Crippen LogP contribution in [0, 0.1) is 0 Å². The standard InChI is InChI=1S/C28H29ClN4O4/c1-36-23-7-5-19(6-8-23)27(35)37-14-13-32-9-11-33(12-10-32)28-30-18-24-25(31-28)16-21(17-26(24)34)20-3-2-4-22(29)15-20/h2-8,15,18,21H,9-14,16-17H2,1H3/t21-/m1/s1. The quantitative estimate of drug-likeness (QED) is 0.432. The van der Waals surface area contributed by atoms with Crippen molar-refractivity contribution in [1.29, 1.82) is 0 Å². The van der Waals surface area contributed by atoms with Crippen LogP contribution in [0.4, 0.5) is 5.95 Å². The van der Waals surface area contributed by atoms with Gasteiger partial charge in [-0.3, -0.25) is 9.69 Å². The minimum atomic E-state index is -0.339. The molecule has 1 aromatic heterocycles. The van der Waals surface area contributed by atoms with Crippen molar-refractivity contribution in [3.8, 4) is 5.75 Å². The minimum Gasteiger partial charge on any atom is -0.497 e. The number of carbonyl (C=O) groups is 2. The molecule has 1 saturated heterocycles. The Morgan fingerprint density at radius 3 is 2.59 bits per heavy atom. The molecule has 37 heavy (non-hydrogen) atoms. The molecule has 0 radical (unpaired) electrons. The van der Waals surface area contributed by atoms with E-state index in [1.54, 1.807) is 37.6 Å². The largest absolute Gasteiger partial charge is 0.497 e. The summed E-state index contributed by atoms with van der Waals surface area (Å²) in [6, 6.07) is 14.6. The van der Waals surface area contributed by atoms with Crippen molar-refractivity contribution < 1.29 is 19.1 Å². The van der Waals surface area contributed by atoms with E-state index in [0.29, 0.717) is 53.8 Å². The van der Waals surface area contributed by atoms with Gasteiger partial charge in [0.15, 0.2) is 5.78 Å². The number of aromatic nitrogens is 2. The topological polar surface area (TPSA) is 84.9 Å². The second kappa shape index (κ2) is 11.3. The average molecular weight is 521 g/mol. The third-order valence-electron chi connectivity index (χ3n) is 6.97. The van der Waals surface area contributed by atoms with E-state index in [1.807, 2.05) is 24.3 Å². The molecule has 0 N–H and O–H groups in total. The summed E-state index contributed by atoms with van der Waals surface area (Å²) in [4.78, 5) is 38.8. The number of piperazine rings is 1. The van der Waals surface area contributed by atoms with E-state index in [1.165, 1.54) is 0 Å². The van der Waals surface area contributed by atoms with E-state index in [9.17, 15) is 9.59 Å². The van der Waals surface area contributed by atoms with E-state index >= 15 is 0 Å². The van der Waals surface area contributed by atoms with E-state index < -0.39 is 0 Å². The molecule has 0 saturated carbocycles. The lowest BCUT2D eigenvalue weighted by atomic mass is 9.82. The van der Waals surface area contributed by atoms with Gasteiger partial charge in [-0.05, 0) is 54.3 Å². The second-order valence-corrected chi connectivity index (χ2v) is 9.74. The first-order valence-corrected chi connectivity index (χ1v) is 12.8. The molecule has 0 bridgehead atoms. The molecule has 9 heteroatoms. The van der Waals surface area contributed by atoms with Crippen LogP contribution in [0.25, 0.3) is 0 Å². The second-order valence-electron chi connectivity index (χ2n) is 9.31. The van der Waals surface area contributed by atoms with Crippen LogP contribution in [0.1, 0.15) is 44.3 Å². The molecule has 0 amide bonds. The molecule has 8 nitrogen and oxygen atoms in total. The lowest BCUT2D eigenvalue weighted by Gasteiger charge is -2.35. The summed E-state index contributed by atoms with van der Waals surface area (Å²) in [5.74, 6) is 1.16. The Balaban J connectivity index is 1.14. The zero-order valence-electron chi connectivity index (χ0n) is 20.7. The first-order valence-electron chi connectivity index (χ1n) is 12.4. The number of hydrogen-bond donors (Lipinski definition) is 0. The molecule has 0 unspecified atom stereocenters. The number of esters is 1. The number of carbonyl (C=O) groups excluding carboxylic acids is 2. The summed E-state index contributed by atoms with van der Waals surface area (Å²) >= 11 is 6.17. The van der Waals surface area contributed by atoms with E-state index in [-0.39, 0.29) is 17.7 Å². The lowest BCUT2D eigenvalue weighted by Crippen LogP contribution is -2.48. The highest BCUT2D eigenvalue weighted by atomic mass is 35.5. The summed E-state index contributed by atoms with van der Waals surface area (Å²) in [5.41, 5.74) is 3.00. The summed E-state index contributed by atoms with van der Waals surface area (Å²) in [6.45, 7) is 4.13. The van der Waals surface area contributed by atoms with E-state index in [2.05, 4.69) is 14.8 Å². The number of rotatable bonds is 7. The molecule has 5 rings (SSSR count). The van der Waals surface area contributed by atoms with Crippen LogP contribution in [-0.4, -0.2) is 73.1 Å². The molecule has 2 aliphatic rings. The van der Waals surface area contributed by atoms with Crippen molar-refractivity contribution in [2.45, 2.75) is 18.8 Å². The molecule has 0 spiro atoms. The minimum absolute atomic E-state index is 0.0684. The maximum absolute atomic E-state index is 12.8. The highest BCUT2D eigenvalue weighted by molar-refractivity contribution is 6.30. The van der Waals surface area contributed by atoms with Crippen LogP contribution < -0.4 is 9.64 Å². The molecular weight excluding hydrogens is 492 g/mol. The number of ether oxygens (including phenoxy) is 2. The van der Waals surface area contributed by atoms with Crippen molar-refractivity contribution in [3.63, 3.8) is 0 Å². The number of benzene rings is 2. The SMILES string of the molecule is COc1ccc(C(=O)OCCN2CCN(c3ncc4c(n3)C[C@@H](c3cccc(Cl)c3)CC4=O)CC2)cc1. The van der Waals surface area contributed by atoms with Crippen molar-refractivity contribution >= 4 is 29.3 Å². The van der Waals surface area contributed by atoms with Crippen LogP contribution in [-0.2, 0) is 11.2 Å². The van der Waals surface area contributed by atoms with Gasteiger partial charge in [-0.25, -0.2) is 14.8 Å². The summed E-state index contributed by atoms with van der Waals surface area (Å²) in [6.07, 6.45) is 2.81. The smallest absolute Gasteiger partial charge is 0.338 e. The van der Waals surface area contributed by atoms with Crippen molar-refractivity contribution in [2.24, 2.45) is 0 Å². The highest BCUT2D eigenvalue weighted by Gasteiger charge is 2.29. The Labute approximate surface area is 221 Å². The third-order valence-corrected chi connectivity index (χ3v) is 7.20. The van der Waals surface area contributed by atoms with Gasteiger partial charge in [0.1, 0.15) is 12.4 Å². The number of methoxy groups -OCH3 is 1. The Bertz CT molecular complexity index is 1280. The molecule has 1 fully saturated rings. The number of fused-ring (bicyclic) bond motifs is 1. The monoisotopic (exact) mass is 520 g/mol. The fourth-order valence-corrected chi connectivity index (χ4v) is 5.03. The fourth-order valence-electron chi connectivity index (χ4n) is 4.83. The van der Waals surface area contributed by atoms with E-state index in [4.69, 9.17) is 26.1 Å². The predicted octanol–water partition coefficient (Wildman–Crippen LogP) is 4.03. The van der Waals surface area contributed by atoms with Crippen LogP contribution in [0.3, 0.4) is 0 Å². The predicted molar refractivity (Wildman–Crippen MR) is 141 cm³/mol. The fraction of sp³-hybridized carbons (Fsp3) is 0.357. The molecule has 192 valence electrons. The third kappa shape index (κ3) is 5.92. The van der Waals surface area contributed by atoms with Gasteiger partial charge in [0.2, 0.25) is 5.95 Å². The van der Waals surface area contributed by atoms with Gasteiger partial charge in [0.05, 0.1) is 23.9 Å². The first kappa shape index (κ1) is 25.2. The van der Waals surface area contributed by atoms with Gasteiger partial charge < -0.3 is 14.4 Å². The van der Waals surface area contributed by atoms with Crippen molar-refractivity contribution in [2.75, 3.05) is 51.3 Å². The van der Waals surface area contributed by atoms with Gasteiger partial charge >= 0.3 is 5.97 Å². The van der Waals surface area contributed by atoms with Crippen LogP contribution in [0.15, 0.2) is 54.7 Å². The summed E-state index contributed by atoms with van der Waals surface area (Å²) in [5, 5.41) is 0.674. The number of Topliss-reactive ketones (excluding diaryl/α,β-unsaturated/α-hetero) is 1. The maximum Gasteiger partial charge on any atom is 0.338 e. The normalized spacial score (nSPS) is 17.8. The Kier molecular flexibility index (Phi) is 7.67. The van der Waals surface area contributed by atoms with Crippen molar-refractivity contribution in [3.05, 3.63) is 82.1 Å². The summed E-state index contributed by atoms with van der Waals surface area (Å²) in [7, 11) is 1.59. The van der Waals surface area contributed by atoms with Gasteiger partial charge in [-0.1, -0.05) is 23.7 Å². The highest BCUT2D eigenvalue weighted by Crippen LogP contribution is 2.33. The number of halogens is 1. The zero-order valence-corrected chi connectivity index (χ0v) is 21.5. The lowest BCUT2D eigenvalue weighted by molar-refractivity contribution is 0.0459. The maximum atomic E-state index is 12.8. The van der Waals surface area contributed by atoms with Gasteiger partial charge in [0, 0.05) is 50.4 Å². The van der Waals surface area contributed by atoms with Crippen LogP contribution in [0.5, 0.6) is 5.75 Å². The Morgan fingerprint density at radius 2 is 1.86 bits per heavy atom.